The minimum Gasteiger partial charge on any atom is -0.486 e. The second-order valence-electron chi connectivity index (χ2n) is 8.20. The van der Waals surface area contributed by atoms with Crippen molar-refractivity contribution in [2.45, 2.75) is 24.3 Å². The Kier molecular flexibility index (Phi) is 6.75. The summed E-state index contributed by atoms with van der Waals surface area (Å²) >= 11 is 0.989. The number of nitrogen functional groups attached to an aromatic ring is 1. The lowest BCUT2D eigenvalue weighted by atomic mass is 10.0. The van der Waals surface area contributed by atoms with Gasteiger partial charge in [0.25, 0.3) is 0 Å². The Morgan fingerprint density at radius 2 is 2.00 bits per heavy atom. The summed E-state index contributed by atoms with van der Waals surface area (Å²) in [4.78, 5) is 13.4. The van der Waals surface area contributed by atoms with Gasteiger partial charge in [-0.3, -0.25) is 0 Å². The van der Waals surface area contributed by atoms with Crippen LogP contribution in [0.5, 0.6) is 11.6 Å². The highest BCUT2D eigenvalue weighted by Gasteiger charge is 2.21. The van der Waals surface area contributed by atoms with Crippen molar-refractivity contribution in [2.75, 3.05) is 30.8 Å². The van der Waals surface area contributed by atoms with Gasteiger partial charge in [0.2, 0.25) is 11.8 Å². The Labute approximate surface area is 210 Å². The highest BCUT2D eigenvalue weighted by atomic mass is 32.2. The van der Waals surface area contributed by atoms with E-state index in [1.165, 1.54) is 19.2 Å². The summed E-state index contributed by atoms with van der Waals surface area (Å²) < 4.78 is 47.5. The number of fused-ring (bicyclic) bond motifs is 1. The molecule has 1 atom stereocenters. The van der Waals surface area contributed by atoms with Crippen LogP contribution in [0.15, 0.2) is 47.5 Å². The Balaban J connectivity index is 1.53. The van der Waals surface area contributed by atoms with Crippen LogP contribution in [0.2, 0.25) is 0 Å². The molecule has 0 aliphatic carbocycles. The minimum atomic E-state index is -0.669. The van der Waals surface area contributed by atoms with Crippen molar-refractivity contribution in [3.05, 3.63) is 59.9 Å². The fourth-order valence-electron chi connectivity index (χ4n) is 3.93. The largest absolute Gasteiger partial charge is 0.486 e. The lowest BCUT2D eigenvalue weighted by Crippen LogP contribution is -2.16. The molecule has 3 N–H and O–H groups in total. The van der Waals surface area contributed by atoms with Gasteiger partial charge < -0.3 is 24.7 Å². The molecule has 3 heterocycles. The third-order valence-corrected chi connectivity index (χ3v) is 6.57. The molecule has 1 fully saturated rings. The summed E-state index contributed by atoms with van der Waals surface area (Å²) in [5, 5.41) is 0.795. The predicted octanol–water partition coefficient (Wildman–Crippen LogP) is 5.16. The molecule has 186 valence electrons. The van der Waals surface area contributed by atoms with Gasteiger partial charge >= 0.3 is 0 Å². The van der Waals surface area contributed by atoms with Gasteiger partial charge in [-0.05, 0) is 54.8 Å². The number of nitrogens with two attached hydrogens (primary N) is 1. The number of hydrogen-bond donors (Lipinski definition) is 2. The summed E-state index contributed by atoms with van der Waals surface area (Å²) in [6.45, 7) is 3.00. The maximum absolute atomic E-state index is 14.1. The normalized spacial score (nSPS) is 15.3. The minimum absolute atomic E-state index is 0.0897. The zero-order valence-electron chi connectivity index (χ0n) is 19.5. The predicted molar refractivity (Wildman–Crippen MR) is 134 cm³/mol. The highest BCUT2D eigenvalue weighted by molar-refractivity contribution is 8.00. The lowest BCUT2D eigenvalue weighted by molar-refractivity contribution is 0.142. The number of hydrogen-bond acceptors (Lipinski definition) is 9. The van der Waals surface area contributed by atoms with Gasteiger partial charge in [-0.25, -0.2) is 23.7 Å². The average molecular weight is 512 g/mol. The molecule has 11 heteroatoms. The number of anilines is 2. The molecule has 5 rings (SSSR count). The van der Waals surface area contributed by atoms with Crippen LogP contribution in [0.1, 0.15) is 12.1 Å². The first kappa shape index (κ1) is 24.0. The molecule has 0 radical (unpaired) electrons. The molecule has 4 aromatic rings. The van der Waals surface area contributed by atoms with Gasteiger partial charge in [-0.15, -0.1) is 0 Å². The van der Waals surface area contributed by atoms with Crippen LogP contribution >= 0.6 is 11.9 Å². The molecule has 0 saturated carbocycles. The topological polar surface area (TPSA) is 104 Å². The number of rotatable bonds is 7. The molecule has 1 aliphatic rings. The zero-order chi connectivity index (χ0) is 25.2. The van der Waals surface area contributed by atoms with E-state index in [-0.39, 0.29) is 16.9 Å². The number of nitrogens with one attached hydrogen (secondary N) is 1. The Morgan fingerprint density at radius 3 is 2.75 bits per heavy atom. The molecule has 2 aromatic carbocycles. The van der Waals surface area contributed by atoms with E-state index in [0.717, 1.165) is 40.9 Å². The fourth-order valence-corrected chi connectivity index (χ4v) is 4.58. The summed E-state index contributed by atoms with van der Waals surface area (Å²) in [6, 6.07) is 9.05. The van der Waals surface area contributed by atoms with Gasteiger partial charge in [-0.2, -0.15) is 0 Å². The first-order valence-electron chi connectivity index (χ1n) is 11.2. The second-order valence-corrected chi connectivity index (χ2v) is 9.05. The Bertz CT molecular complexity index is 1430. The van der Waals surface area contributed by atoms with E-state index in [9.17, 15) is 8.78 Å². The number of ether oxygens (including phenoxy) is 3. The highest BCUT2D eigenvalue weighted by Crippen LogP contribution is 2.37. The second kappa shape index (κ2) is 10.1. The van der Waals surface area contributed by atoms with E-state index >= 15 is 0 Å². The number of halogens is 2. The summed E-state index contributed by atoms with van der Waals surface area (Å²) in [6.07, 6.45) is 2.36. The molecule has 0 spiro atoms. The standard InChI is InChI=1S/C25H23F2N5O3S/c1-13-18-7-14(9-21(23(18)31-25(28)30-13)35-17-5-6-34-12-17)15-8-20(24(33-2)29-11-15)32-36-22-4-3-16(26)10-19(22)27/h3-4,7-11,17,32H,5-6,12H2,1-2H3,(H2,28,30,31). The average Bonchev–Trinajstić information content (AvgIpc) is 3.37. The SMILES string of the molecule is COc1ncc(-c2cc(OC3CCOC3)c3nc(N)nc(C)c3c2)cc1NSc1ccc(F)cc1F. The van der Waals surface area contributed by atoms with Crippen molar-refractivity contribution in [1.29, 1.82) is 0 Å². The van der Waals surface area contributed by atoms with Gasteiger partial charge in [0.05, 0.1) is 30.9 Å². The van der Waals surface area contributed by atoms with Gasteiger partial charge in [0.1, 0.15) is 34.7 Å². The number of nitrogens with zero attached hydrogens (tertiary/aromatic N) is 3. The summed E-state index contributed by atoms with van der Waals surface area (Å²) in [7, 11) is 1.49. The molecule has 1 aliphatic heterocycles. The summed E-state index contributed by atoms with van der Waals surface area (Å²) in [5.74, 6) is -0.247. The van der Waals surface area contributed by atoms with Crippen LogP contribution in [0, 0.1) is 18.6 Å². The first-order valence-corrected chi connectivity index (χ1v) is 12.0. The smallest absolute Gasteiger partial charge is 0.237 e. The van der Waals surface area contributed by atoms with E-state index in [2.05, 4.69) is 19.7 Å². The molecule has 0 bridgehead atoms. The maximum atomic E-state index is 14.1. The third kappa shape index (κ3) is 4.98. The quantitative estimate of drug-likeness (QED) is 0.326. The number of aryl methyl sites for hydroxylation is 1. The third-order valence-electron chi connectivity index (χ3n) is 5.70. The van der Waals surface area contributed by atoms with Crippen LogP contribution in [-0.2, 0) is 4.74 Å². The van der Waals surface area contributed by atoms with Gasteiger partial charge in [-0.1, -0.05) is 0 Å². The zero-order valence-corrected chi connectivity index (χ0v) is 20.4. The molecular weight excluding hydrogens is 488 g/mol. The van der Waals surface area contributed by atoms with Crippen molar-refractivity contribution < 1.29 is 23.0 Å². The van der Waals surface area contributed by atoms with Crippen molar-refractivity contribution in [3.8, 4) is 22.8 Å². The van der Waals surface area contributed by atoms with Crippen molar-refractivity contribution in [2.24, 2.45) is 0 Å². The maximum Gasteiger partial charge on any atom is 0.237 e. The van der Waals surface area contributed by atoms with E-state index in [4.69, 9.17) is 19.9 Å². The van der Waals surface area contributed by atoms with E-state index in [1.807, 2.05) is 25.1 Å². The van der Waals surface area contributed by atoms with Crippen molar-refractivity contribution in [1.82, 2.24) is 15.0 Å². The number of methoxy groups -OCH3 is 1. The Morgan fingerprint density at radius 1 is 1.14 bits per heavy atom. The van der Waals surface area contributed by atoms with Crippen LogP contribution in [-0.4, -0.2) is 41.4 Å². The monoisotopic (exact) mass is 511 g/mol. The van der Waals surface area contributed by atoms with Gasteiger partial charge in [0, 0.05) is 29.6 Å². The molecule has 1 unspecified atom stereocenters. The number of pyridine rings is 1. The van der Waals surface area contributed by atoms with E-state index in [0.29, 0.717) is 41.7 Å². The summed E-state index contributed by atoms with van der Waals surface area (Å²) in [5.41, 5.74) is 9.34. The van der Waals surface area contributed by atoms with Crippen LogP contribution < -0.4 is 19.9 Å². The van der Waals surface area contributed by atoms with E-state index in [1.54, 1.807) is 6.20 Å². The van der Waals surface area contributed by atoms with Crippen molar-refractivity contribution >= 4 is 34.5 Å². The van der Waals surface area contributed by atoms with Crippen LogP contribution in [0.25, 0.3) is 22.0 Å². The first-order chi connectivity index (χ1) is 17.4. The van der Waals surface area contributed by atoms with Crippen LogP contribution in [0.4, 0.5) is 20.4 Å². The molecule has 2 aromatic heterocycles. The molecule has 8 nitrogen and oxygen atoms in total. The molecular formula is C25H23F2N5O3S. The number of aromatic nitrogens is 3. The molecule has 0 amide bonds. The fraction of sp³-hybridized carbons (Fsp3) is 0.240. The Hall–Kier alpha value is -3.70. The molecule has 1 saturated heterocycles. The number of benzene rings is 2. The molecule has 36 heavy (non-hydrogen) atoms. The van der Waals surface area contributed by atoms with Crippen molar-refractivity contribution in [3.63, 3.8) is 0 Å². The van der Waals surface area contributed by atoms with E-state index < -0.39 is 11.6 Å². The lowest BCUT2D eigenvalue weighted by Gasteiger charge is -2.17. The van der Waals surface area contributed by atoms with Gasteiger partial charge in [0.15, 0.2) is 0 Å². The van der Waals surface area contributed by atoms with Crippen LogP contribution in [0.3, 0.4) is 0 Å².